The van der Waals surface area contributed by atoms with Gasteiger partial charge in [0, 0.05) is 45.0 Å². The summed E-state index contributed by atoms with van der Waals surface area (Å²) in [5, 5.41) is 3.41. The van der Waals surface area contributed by atoms with Crippen LogP contribution in [0.1, 0.15) is 25.7 Å². The first kappa shape index (κ1) is 17.3. The number of sulfonamides is 1. The number of carbonyl (C=O) groups excluding carboxylic acids is 1. The Kier molecular flexibility index (Phi) is 5.17. The van der Waals surface area contributed by atoms with E-state index in [1.54, 1.807) is 6.07 Å². The maximum Gasteiger partial charge on any atom is 0.242 e. The van der Waals surface area contributed by atoms with Crippen LogP contribution in [0, 0.1) is 5.41 Å². The van der Waals surface area contributed by atoms with E-state index in [9.17, 15) is 13.2 Å². The van der Waals surface area contributed by atoms with Crippen molar-refractivity contribution >= 4 is 15.9 Å². The minimum absolute atomic E-state index is 0.0182. The molecule has 1 aromatic rings. The number of nitrogens with one attached hydrogen (secondary N) is 2. The Morgan fingerprint density at radius 2 is 2.12 bits per heavy atom. The van der Waals surface area contributed by atoms with E-state index >= 15 is 0 Å². The number of carbonyl (C=O) groups is 1. The molecule has 0 atom stereocenters. The zero-order valence-corrected chi connectivity index (χ0v) is 14.5. The molecule has 2 fully saturated rings. The molecule has 2 aliphatic heterocycles. The van der Waals surface area contributed by atoms with Gasteiger partial charge in [0.25, 0.3) is 0 Å². The molecule has 132 valence electrons. The molecule has 3 heterocycles. The van der Waals surface area contributed by atoms with Gasteiger partial charge in [0.05, 0.1) is 0 Å². The summed E-state index contributed by atoms with van der Waals surface area (Å²) in [4.78, 5) is 18.1. The number of pyridine rings is 1. The van der Waals surface area contributed by atoms with Crippen LogP contribution in [0.2, 0.25) is 0 Å². The standard InChI is InChI=1S/C16H24N4O3S/c21-15(20-10-5-16(6-11-20)4-9-18-13-16)3-8-19-24(22,23)14-2-1-7-17-12-14/h1-2,7,12,18-19H,3-6,8-11,13H2. The van der Waals surface area contributed by atoms with Crippen molar-refractivity contribution < 1.29 is 13.2 Å². The van der Waals surface area contributed by atoms with E-state index in [0.29, 0.717) is 5.41 Å². The average Bonchev–Trinajstić information content (AvgIpc) is 3.04. The van der Waals surface area contributed by atoms with E-state index < -0.39 is 10.0 Å². The van der Waals surface area contributed by atoms with Gasteiger partial charge in [0.1, 0.15) is 4.90 Å². The Morgan fingerprint density at radius 1 is 1.33 bits per heavy atom. The zero-order valence-electron chi connectivity index (χ0n) is 13.7. The van der Waals surface area contributed by atoms with Crippen LogP contribution in [0.25, 0.3) is 0 Å². The maximum atomic E-state index is 12.3. The molecule has 2 aliphatic rings. The maximum absolute atomic E-state index is 12.3. The van der Waals surface area contributed by atoms with Crippen molar-refractivity contribution in [1.82, 2.24) is 19.9 Å². The molecule has 0 saturated carbocycles. The molecule has 1 spiro atoms. The number of piperidine rings is 1. The van der Waals surface area contributed by atoms with Crippen molar-refractivity contribution in [2.75, 3.05) is 32.7 Å². The number of rotatable bonds is 5. The summed E-state index contributed by atoms with van der Waals surface area (Å²) in [6, 6.07) is 3.05. The fourth-order valence-corrected chi connectivity index (χ4v) is 4.49. The smallest absolute Gasteiger partial charge is 0.242 e. The van der Waals surface area contributed by atoms with Gasteiger partial charge in [-0.15, -0.1) is 0 Å². The highest BCUT2D eigenvalue weighted by Crippen LogP contribution is 2.36. The Morgan fingerprint density at radius 3 is 2.75 bits per heavy atom. The summed E-state index contributed by atoms with van der Waals surface area (Å²) in [5.41, 5.74) is 0.374. The lowest BCUT2D eigenvalue weighted by Crippen LogP contribution is -2.44. The summed E-state index contributed by atoms with van der Waals surface area (Å²) in [6.45, 7) is 3.79. The highest BCUT2D eigenvalue weighted by Gasteiger charge is 2.37. The number of aromatic nitrogens is 1. The lowest BCUT2D eigenvalue weighted by Gasteiger charge is -2.39. The van der Waals surface area contributed by atoms with Gasteiger partial charge >= 0.3 is 0 Å². The second-order valence-corrected chi connectivity index (χ2v) is 8.41. The Labute approximate surface area is 142 Å². The highest BCUT2D eigenvalue weighted by molar-refractivity contribution is 7.89. The average molecular weight is 352 g/mol. The van der Waals surface area contributed by atoms with E-state index in [1.807, 2.05) is 4.90 Å². The Bertz CT molecular complexity index is 662. The van der Waals surface area contributed by atoms with Crippen LogP contribution in [-0.4, -0.2) is 56.9 Å². The van der Waals surface area contributed by atoms with Gasteiger partial charge in [-0.3, -0.25) is 9.78 Å². The number of hydrogen-bond acceptors (Lipinski definition) is 5. The highest BCUT2D eigenvalue weighted by atomic mass is 32.2. The van der Waals surface area contributed by atoms with E-state index in [-0.39, 0.29) is 23.8 Å². The van der Waals surface area contributed by atoms with Gasteiger partial charge in [0.2, 0.25) is 15.9 Å². The Balaban J connectivity index is 1.45. The number of hydrogen-bond donors (Lipinski definition) is 2. The molecule has 2 saturated heterocycles. The predicted molar refractivity (Wildman–Crippen MR) is 89.8 cm³/mol. The van der Waals surface area contributed by atoms with Gasteiger partial charge in [-0.25, -0.2) is 13.1 Å². The van der Waals surface area contributed by atoms with E-state index in [2.05, 4.69) is 15.0 Å². The molecule has 24 heavy (non-hydrogen) atoms. The van der Waals surface area contributed by atoms with Crippen LogP contribution >= 0.6 is 0 Å². The van der Waals surface area contributed by atoms with Crippen LogP contribution in [0.3, 0.4) is 0 Å². The molecular formula is C16H24N4O3S. The number of likely N-dealkylation sites (tertiary alicyclic amines) is 1. The largest absolute Gasteiger partial charge is 0.343 e. The SMILES string of the molecule is O=C(CCNS(=O)(=O)c1cccnc1)N1CCC2(CCNC2)CC1. The summed E-state index contributed by atoms with van der Waals surface area (Å²) in [5.74, 6) is 0.0182. The van der Waals surface area contributed by atoms with E-state index in [1.165, 1.54) is 24.9 Å². The molecule has 0 radical (unpaired) electrons. The van der Waals surface area contributed by atoms with E-state index in [4.69, 9.17) is 0 Å². The molecule has 0 aromatic carbocycles. The number of amides is 1. The van der Waals surface area contributed by atoms with Crippen molar-refractivity contribution in [3.63, 3.8) is 0 Å². The molecule has 1 amide bonds. The number of nitrogens with zero attached hydrogens (tertiary/aromatic N) is 2. The molecule has 0 aliphatic carbocycles. The monoisotopic (exact) mass is 352 g/mol. The predicted octanol–water partition coefficient (Wildman–Crippen LogP) is 0.352. The summed E-state index contributed by atoms with van der Waals surface area (Å²) < 4.78 is 26.6. The third-order valence-corrected chi connectivity index (χ3v) is 6.53. The molecule has 7 nitrogen and oxygen atoms in total. The van der Waals surface area contributed by atoms with Crippen molar-refractivity contribution in [2.45, 2.75) is 30.6 Å². The van der Waals surface area contributed by atoms with Crippen molar-refractivity contribution in [3.05, 3.63) is 24.5 Å². The molecule has 0 bridgehead atoms. The van der Waals surface area contributed by atoms with Crippen LogP contribution in [0.4, 0.5) is 0 Å². The van der Waals surface area contributed by atoms with Crippen LogP contribution in [0.5, 0.6) is 0 Å². The van der Waals surface area contributed by atoms with Gasteiger partial charge < -0.3 is 10.2 Å². The first-order valence-electron chi connectivity index (χ1n) is 8.39. The van der Waals surface area contributed by atoms with Crippen molar-refractivity contribution in [3.8, 4) is 0 Å². The molecule has 2 N–H and O–H groups in total. The van der Waals surface area contributed by atoms with E-state index in [0.717, 1.165) is 39.0 Å². The molecule has 1 aromatic heterocycles. The fourth-order valence-electron chi connectivity index (χ4n) is 3.49. The normalized spacial score (nSPS) is 20.4. The second kappa shape index (κ2) is 7.16. The minimum atomic E-state index is -3.60. The van der Waals surface area contributed by atoms with Crippen molar-refractivity contribution in [2.24, 2.45) is 5.41 Å². The third-order valence-electron chi connectivity index (χ3n) is 5.08. The lowest BCUT2D eigenvalue weighted by atomic mass is 9.78. The van der Waals surface area contributed by atoms with Crippen LogP contribution in [0.15, 0.2) is 29.4 Å². The minimum Gasteiger partial charge on any atom is -0.343 e. The zero-order chi connectivity index (χ0) is 17.0. The quantitative estimate of drug-likeness (QED) is 0.798. The topological polar surface area (TPSA) is 91.4 Å². The molecule has 3 rings (SSSR count). The first-order valence-corrected chi connectivity index (χ1v) is 9.87. The lowest BCUT2D eigenvalue weighted by molar-refractivity contribution is -0.133. The van der Waals surface area contributed by atoms with Gasteiger partial charge in [0.15, 0.2) is 0 Å². The molecule has 0 unspecified atom stereocenters. The summed E-state index contributed by atoms with van der Waals surface area (Å²) in [6.07, 6.45) is 6.26. The third kappa shape index (κ3) is 3.93. The van der Waals surface area contributed by atoms with Crippen molar-refractivity contribution in [1.29, 1.82) is 0 Å². The first-order chi connectivity index (χ1) is 11.5. The van der Waals surface area contributed by atoms with Gasteiger partial charge in [-0.1, -0.05) is 0 Å². The molecule has 8 heteroatoms. The Hall–Kier alpha value is -1.51. The van der Waals surface area contributed by atoms with Crippen LogP contribution < -0.4 is 10.0 Å². The summed E-state index contributed by atoms with van der Waals surface area (Å²) in [7, 11) is -3.60. The van der Waals surface area contributed by atoms with Gasteiger partial charge in [-0.2, -0.15) is 0 Å². The van der Waals surface area contributed by atoms with Crippen LogP contribution in [-0.2, 0) is 14.8 Å². The molecular weight excluding hydrogens is 328 g/mol. The fraction of sp³-hybridized carbons (Fsp3) is 0.625. The second-order valence-electron chi connectivity index (χ2n) is 6.64. The van der Waals surface area contributed by atoms with Gasteiger partial charge in [-0.05, 0) is 43.4 Å². The summed E-state index contributed by atoms with van der Waals surface area (Å²) >= 11 is 0.